The number of likely N-dealkylation sites (tertiary alicyclic amines) is 1. The van der Waals surface area contributed by atoms with E-state index >= 15 is 0 Å². The maximum atomic E-state index is 12.2. The molecule has 0 saturated carbocycles. The molecule has 0 atom stereocenters. The molecule has 2 aromatic rings. The number of thiophene rings is 1. The Labute approximate surface area is 168 Å². The number of hydrogen-bond donors (Lipinski definition) is 1. The van der Waals surface area contributed by atoms with Gasteiger partial charge in [-0.25, -0.2) is 0 Å². The van der Waals surface area contributed by atoms with Crippen LogP contribution in [0.3, 0.4) is 0 Å². The van der Waals surface area contributed by atoms with Crippen molar-refractivity contribution in [2.75, 3.05) is 13.1 Å². The molecule has 3 nitrogen and oxygen atoms in total. The van der Waals surface area contributed by atoms with E-state index in [9.17, 15) is 4.79 Å². The summed E-state index contributed by atoms with van der Waals surface area (Å²) in [5.74, 6) is 0.206. The summed E-state index contributed by atoms with van der Waals surface area (Å²) in [4.78, 5) is 16.0. The van der Waals surface area contributed by atoms with Crippen LogP contribution in [0.15, 0.2) is 40.2 Å². The first-order valence-corrected chi connectivity index (χ1v) is 11.0. The highest BCUT2D eigenvalue weighted by Crippen LogP contribution is 2.23. The summed E-state index contributed by atoms with van der Waals surface area (Å²) in [7, 11) is 0. The minimum Gasteiger partial charge on any atom is -0.353 e. The van der Waals surface area contributed by atoms with Crippen LogP contribution < -0.4 is 5.32 Å². The molecule has 5 heteroatoms. The Balaban J connectivity index is 1.34. The van der Waals surface area contributed by atoms with E-state index in [0.29, 0.717) is 12.5 Å². The standard InChI is InChI=1S/C21H27BrN2OS/c1-16-5-2-3-6-17(16)15-24-13-11-18(12-14-24)23-21(25)8-4-7-19-9-10-20(22)26-19/h2-3,5-6,9-10,18H,4,7-8,11-15H2,1H3,(H,23,25). The van der Waals surface area contributed by atoms with Crippen molar-refractivity contribution >= 4 is 33.2 Å². The fourth-order valence-corrected chi connectivity index (χ4v) is 5.00. The molecule has 0 radical (unpaired) electrons. The minimum absolute atomic E-state index is 0.206. The van der Waals surface area contributed by atoms with Gasteiger partial charge in [-0.1, -0.05) is 24.3 Å². The van der Waals surface area contributed by atoms with Crippen LogP contribution >= 0.6 is 27.3 Å². The number of amides is 1. The molecule has 1 fully saturated rings. The third-order valence-electron chi connectivity index (χ3n) is 5.06. The van der Waals surface area contributed by atoms with Crippen LogP contribution in [0.1, 0.15) is 41.7 Å². The van der Waals surface area contributed by atoms with Gasteiger partial charge in [0, 0.05) is 37.0 Å². The topological polar surface area (TPSA) is 32.3 Å². The van der Waals surface area contributed by atoms with E-state index in [-0.39, 0.29) is 5.91 Å². The lowest BCUT2D eigenvalue weighted by molar-refractivity contribution is -0.122. The lowest BCUT2D eigenvalue weighted by atomic mass is 10.0. The molecular weight excluding hydrogens is 408 g/mol. The monoisotopic (exact) mass is 434 g/mol. The summed E-state index contributed by atoms with van der Waals surface area (Å²) >= 11 is 5.24. The summed E-state index contributed by atoms with van der Waals surface area (Å²) < 4.78 is 1.16. The van der Waals surface area contributed by atoms with Gasteiger partial charge < -0.3 is 5.32 Å². The smallest absolute Gasteiger partial charge is 0.220 e. The number of carbonyl (C=O) groups excluding carboxylic acids is 1. The highest BCUT2D eigenvalue weighted by Gasteiger charge is 2.20. The summed E-state index contributed by atoms with van der Waals surface area (Å²) in [6.07, 6.45) is 4.63. The Kier molecular flexibility index (Phi) is 7.29. The number of nitrogens with zero attached hydrogens (tertiary/aromatic N) is 1. The van der Waals surface area contributed by atoms with Crippen LogP contribution in [-0.4, -0.2) is 29.9 Å². The Morgan fingerprint density at radius 3 is 2.69 bits per heavy atom. The number of nitrogens with one attached hydrogen (secondary N) is 1. The molecule has 1 aliphatic rings. The molecule has 0 bridgehead atoms. The summed E-state index contributed by atoms with van der Waals surface area (Å²) in [5, 5.41) is 3.23. The van der Waals surface area contributed by atoms with E-state index in [1.807, 2.05) is 0 Å². The van der Waals surface area contributed by atoms with E-state index in [1.54, 1.807) is 11.3 Å². The van der Waals surface area contributed by atoms with Gasteiger partial charge in [0.2, 0.25) is 5.91 Å². The van der Waals surface area contributed by atoms with Gasteiger partial charge >= 0.3 is 0 Å². The van der Waals surface area contributed by atoms with Crippen molar-refractivity contribution in [1.82, 2.24) is 10.2 Å². The molecule has 1 amide bonds. The first-order valence-electron chi connectivity index (χ1n) is 9.40. The lowest BCUT2D eigenvalue weighted by Crippen LogP contribution is -2.44. The average Bonchev–Trinajstić information content (AvgIpc) is 3.04. The van der Waals surface area contributed by atoms with Gasteiger partial charge in [-0.3, -0.25) is 9.69 Å². The maximum Gasteiger partial charge on any atom is 0.220 e. The molecule has 26 heavy (non-hydrogen) atoms. The van der Waals surface area contributed by atoms with Gasteiger partial charge in [-0.15, -0.1) is 11.3 Å². The predicted octanol–water partition coefficient (Wildman–Crippen LogP) is 4.92. The van der Waals surface area contributed by atoms with Crippen LogP contribution in [0, 0.1) is 6.92 Å². The van der Waals surface area contributed by atoms with Crippen LogP contribution in [0.5, 0.6) is 0 Å². The second kappa shape index (κ2) is 9.67. The molecular formula is C21H27BrN2OS. The van der Waals surface area contributed by atoms with E-state index in [4.69, 9.17) is 0 Å². The van der Waals surface area contributed by atoms with E-state index in [1.165, 1.54) is 16.0 Å². The minimum atomic E-state index is 0.206. The van der Waals surface area contributed by atoms with Crippen LogP contribution in [0.4, 0.5) is 0 Å². The van der Waals surface area contributed by atoms with Crippen molar-refractivity contribution in [3.05, 3.63) is 56.2 Å². The zero-order valence-corrected chi connectivity index (χ0v) is 17.7. The summed E-state index contributed by atoms with van der Waals surface area (Å²) in [6, 6.07) is 13.2. The SMILES string of the molecule is Cc1ccccc1CN1CCC(NC(=O)CCCc2ccc(Br)s2)CC1. The zero-order chi connectivity index (χ0) is 18.4. The quantitative estimate of drug-likeness (QED) is 0.670. The number of hydrogen-bond acceptors (Lipinski definition) is 3. The number of aryl methyl sites for hydroxylation is 2. The second-order valence-electron chi connectivity index (χ2n) is 7.10. The van der Waals surface area contributed by atoms with Crippen molar-refractivity contribution < 1.29 is 4.79 Å². The van der Waals surface area contributed by atoms with Gasteiger partial charge in [0.1, 0.15) is 0 Å². The Morgan fingerprint density at radius 2 is 2.00 bits per heavy atom. The van der Waals surface area contributed by atoms with Crippen LogP contribution in [-0.2, 0) is 17.8 Å². The van der Waals surface area contributed by atoms with Crippen molar-refractivity contribution in [3.8, 4) is 0 Å². The van der Waals surface area contributed by atoms with Gasteiger partial charge in [0.05, 0.1) is 3.79 Å². The molecule has 1 N–H and O–H groups in total. The summed E-state index contributed by atoms with van der Waals surface area (Å²) in [6.45, 7) is 5.31. The van der Waals surface area contributed by atoms with Gasteiger partial charge in [0.15, 0.2) is 0 Å². The fraction of sp³-hybridized carbons (Fsp3) is 0.476. The number of benzene rings is 1. The first-order chi connectivity index (χ1) is 12.6. The van der Waals surface area contributed by atoms with E-state index < -0.39 is 0 Å². The highest BCUT2D eigenvalue weighted by molar-refractivity contribution is 9.11. The lowest BCUT2D eigenvalue weighted by Gasteiger charge is -2.32. The third-order valence-corrected chi connectivity index (χ3v) is 6.75. The number of rotatable bonds is 7. The first kappa shape index (κ1) is 19.6. The fourth-order valence-electron chi connectivity index (χ4n) is 3.47. The molecule has 1 aromatic heterocycles. The number of carbonyl (C=O) groups is 1. The Hall–Kier alpha value is -1.17. The van der Waals surface area contributed by atoms with Crippen molar-refractivity contribution in [1.29, 1.82) is 0 Å². The second-order valence-corrected chi connectivity index (χ2v) is 9.65. The molecule has 0 unspecified atom stereocenters. The maximum absolute atomic E-state index is 12.2. The third kappa shape index (κ3) is 5.93. The molecule has 140 valence electrons. The average molecular weight is 435 g/mol. The summed E-state index contributed by atoms with van der Waals surface area (Å²) in [5.41, 5.74) is 2.77. The Bertz CT molecular complexity index is 722. The molecule has 2 heterocycles. The van der Waals surface area contributed by atoms with Crippen LogP contribution in [0.2, 0.25) is 0 Å². The normalized spacial score (nSPS) is 15.9. The van der Waals surface area contributed by atoms with Gasteiger partial charge in [-0.2, -0.15) is 0 Å². The van der Waals surface area contributed by atoms with Gasteiger partial charge in [0.25, 0.3) is 0 Å². The molecule has 3 rings (SSSR count). The van der Waals surface area contributed by atoms with E-state index in [0.717, 1.165) is 49.1 Å². The molecule has 0 aliphatic carbocycles. The number of piperidine rings is 1. The largest absolute Gasteiger partial charge is 0.353 e. The van der Waals surface area contributed by atoms with Crippen LogP contribution in [0.25, 0.3) is 0 Å². The molecule has 1 saturated heterocycles. The molecule has 0 spiro atoms. The molecule has 1 aromatic carbocycles. The van der Waals surface area contributed by atoms with Gasteiger partial charge in [-0.05, 0) is 71.8 Å². The Morgan fingerprint density at radius 1 is 1.23 bits per heavy atom. The van der Waals surface area contributed by atoms with E-state index in [2.05, 4.69) is 69.5 Å². The highest BCUT2D eigenvalue weighted by atomic mass is 79.9. The predicted molar refractivity (Wildman–Crippen MR) is 113 cm³/mol. The number of halogens is 1. The van der Waals surface area contributed by atoms with Crippen molar-refractivity contribution in [3.63, 3.8) is 0 Å². The molecule has 1 aliphatic heterocycles. The van der Waals surface area contributed by atoms with Crippen molar-refractivity contribution in [2.45, 2.75) is 51.6 Å². The van der Waals surface area contributed by atoms with Crippen molar-refractivity contribution in [2.24, 2.45) is 0 Å². The zero-order valence-electron chi connectivity index (χ0n) is 15.3.